The molecular formula is C18H20N4O5. The lowest BCUT2D eigenvalue weighted by Crippen LogP contribution is -2.47. The van der Waals surface area contributed by atoms with Gasteiger partial charge in [-0.1, -0.05) is 18.2 Å². The topological polar surface area (TPSA) is 124 Å². The van der Waals surface area contributed by atoms with Crippen molar-refractivity contribution in [2.75, 3.05) is 26.7 Å². The van der Waals surface area contributed by atoms with E-state index < -0.39 is 23.4 Å². The highest BCUT2D eigenvalue weighted by molar-refractivity contribution is 6.05. The van der Waals surface area contributed by atoms with E-state index >= 15 is 0 Å². The van der Waals surface area contributed by atoms with Gasteiger partial charge in [-0.25, -0.2) is 5.10 Å². The van der Waals surface area contributed by atoms with Crippen molar-refractivity contribution >= 4 is 28.6 Å². The molecule has 0 spiro atoms. The molecule has 0 radical (unpaired) electrons. The molecule has 1 fully saturated rings. The fourth-order valence-corrected chi connectivity index (χ4v) is 3.24. The predicted molar refractivity (Wildman–Crippen MR) is 96.3 cm³/mol. The largest absolute Gasteiger partial charge is 0.481 e. The zero-order chi connectivity index (χ0) is 19.6. The number of carboxylic acids is 1. The van der Waals surface area contributed by atoms with E-state index in [1.165, 1.54) is 16.8 Å². The van der Waals surface area contributed by atoms with Crippen molar-refractivity contribution in [3.8, 4) is 0 Å². The Hall–Kier alpha value is -3.23. The van der Waals surface area contributed by atoms with Gasteiger partial charge in [0.1, 0.15) is 0 Å². The third-order valence-electron chi connectivity index (χ3n) is 4.74. The Morgan fingerprint density at radius 3 is 2.70 bits per heavy atom. The van der Waals surface area contributed by atoms with Crippen LogP contribution in [0, 0.1) is 5.92 Å². The maximum absolute atomic E-state index is 12.7. The molecule has 2 aromatic rings. The molecule has 142 valence electrons. The first kappa shape index (κ1) is 18.6. The fraction of sp³-hybridized carbons (Fsp3) is 0.389. The zero-order valence-electron chi connectivity index (χ0n) is 14.8. The molecule has 1 aliphatic rings. The van der Waals surface area contributed by atoms with Crippen LogP contribution in [0.1, 0.15) is 23.3 Å². The number of carboxylic acid groups (broad SMARTS) is 1. The van der Waals surface area contributed by atoms with Crippen molar-refractivity contribution in [3.05, 3.63) is 40.3 Å². The second-order valence-corrected chi connectivity index (χ2v) is 6.63. The van der Waals surface area contributed by atoms with Crippen molar-refractivity contribution in [3.63, 3.8) is 0 Å². The van der Waals surface area contributed by atoms with Crippen LogP contribution >= 0.6 is 0 Å². The highest BCUT2D eigenvalue weighted by atomic mass is 16.4. The molecule has 1 aromatic carbocycles. The van der Waals surface area contributed by atoms with E-state index in [0.29, 0.717) is 30.2 Å². The number of H-pyrrole nitrogens is 1. The number of likely N-dealkylation sites (N-methyl/N-ethyl adjacent to an activating group) is 1. The van der Waals surface area contributed by atoms with Gasteiger partial charge >= 0.3 is 5.97 Å². The van der Waals surface area contributed by atoms with E-state index in [0.717, 1.165) is 0 Å². The number of fused-ring (bicyclic) bond motifs is 1. The number of aromatic nitrogens is 2. The number of carbonyl (C=O) groups excluding carboxylic acids is 2. The van der Waals surface area contributed by atoms with Crippen LogP contribution in [0.4, 0.5) is 0 Å². The Bertz CT molecular complexity index is 954. The third-order valence-corrected chi connectivity index (χ3v) is 4.74. The van der Waals surface area contributed by atoms with Crippen molar-refractivity contribution in [2.45, 2.75) is 12.8 Å². The third kappa shape index (κ3) is 3.81. The number of likely N-dealkylation sites (tertiary alicyclic amines) is 1. The van der Waals surface area contributed by atoms with E-state index in [1.807, 2.05) is 0 Å². The SMILES string of the molecule is CN(CC(=O)N1CCCC(C(=O)O)C1)C(=O)c1n[nH]c(=O)c2ccccc12. The second kappa shape index (κ2) is 7.56. The minimum atomic E-state index is -0.916. The summed E-state index contributed by atoms with van der Waals surface area (Å²) in [5.41, 5.74) is -0.337. The van der Waals surface area contributed by atoms with Gasteiger partial charge in [0.15, 0.2) is 5.69 Å². The maximum atomic E-state index is 12.7. The van der Waals surface area contributed by atoms with E-state index in [4.69, 9.17) is 5.11 Å². The van der Waals surface area contributed by atoms with Crippen molar-refractivity contribution in [1.82, 2.24) is 20.0 Å². The lowest BCUT2D eigenvalue weighted by Gasteiger charge is -2.32. The smallest absolute Gasteiger partial charge is 0.308 e. The van der Waals surface area contributed by atoms with Gasteiger partial charge in [0.25, 0.3) is 11.5 Å². The Kier molecular flexibility index (Phi) is 5.20. The quantitative estimate of drug-likeness (QED) is 0.796. The molecule has 0 saturated carbocycles. The van der Waals surface area contributed by atoms with Crippen LogP contribution in [0.5, 0.6) is 0 Å². The average molecular weight is 372 g/mol. The molecule has 2 N–H and O–H groups in total. The van der Waals surface area contributed by atoms with Crippen LogP contribution < -0.4 is 5.56 Å². The van der Waals surface area contributed by atoms with Gasteiger partial charge in [0.2, 0.25) is 5.91 Å². The summed E-state index contributed by atoms with van der Waals surface area (Å²) in [4.78, 5) is 50.9. The van der Waals surface area contributed by atoms with E-state index in [2.05, 4.69) is 10.2 Å². The van der Waals surface area contributed by atoms with Crippen LogP contribution in [0.2, 0.25) is 0 Å². The zero-order valence-corrected chi connectivity index (χ0v) is 14.8. The van der Waals surface area contributed by atoms with Gasteiger partial charge in [0.05, 0.1) is 17.8 Å². The Balaban J connectivity index is 1.75. The first-order valence-corrected chi connectivity index (χ1v) is 8.62. The van der Waals surface area contributed by atoms with Crippen molar-refractivity contribution < 1.29 is 19.5 Å². The molecule has 9 heteroatoms. The number of hydrogen-bond donors (Lipinski definition) is 2. The Morgan fingerprint density at radius 1 is 1.30 bits per heavy atom. The van der Waals surface area contributed by atoms with Crippen LogP contribution in [-0.2, 0) is 9.59 Å². The maximum Gasteiger partial charge on any atom is 0.308 e. The molecular weight excluding hydrogens is 352 g/mol. The number of aromatic amines is 1. The molecule has 2 heterocycles. The summed E-state index contributed by atoms with van der Waals surface area (Å²) in [6.07, 6.45) is 1.16. The number of carbonyl (C=O) groups is 3. The van der Waals surface area contributed by atoms with Gasteiger partial charge in [-0.2, -0.15) is 5.10 Å². The van der Waals surface area contributed by atoms with Crippen molar-refractivity contribution in [2.24, 2.45) is 5.92 Å². The summed E-state index contributed by atoms with van der Waals surface area (Å²) in [6.45, 7) is 0.431. The number of rotatable bonds is 4. The molecule has 0 aliphatic carbocycles. The van der Waals surface area contributed by atoms with E-state index in [-0.39, 0.29) is 24.7 Å². The number of hydrogen-bond acceptors (Lipinski definition) is 5. The van der Waals surface area contributed by atoms with Crippen molar-refractivity contribution in [1.29, 1.82) is 0 Å². The molecule has 9 nitrogen and oxygen atoms in total. The number of amides is 2. The number of benzene rings is 1. The molecule has 1 unspecified atom stereocenters. The summed E-state index contributed by atoms with van der Waals surface area (Å²) >= 11 is 0. The Labute approximate surface area is 154 Å². The van der Waals surface area contributed by atoms with E-state index in [9.17, 15) is 19.2 Å². The first-order chi connectivity index (χ1) is 12.9. The number of piperidine rings is 1. The highest BCUT2D eigenvalue weighted by Gasteiger charge is 2.29. The minimum Gasteiger partial charge on any atom is -0.481 e. The molecule has 0 bridgehead atoms. The lowest BCUT2D eigenvalue weighted by molar-refractivity contribution is -0.145. The highest BCUT2D eigenvalue weighted by Crippen LogP contribution is 2.18. The van der Waals surface area contributed by atoms with Crippen LogP contribution in [0.15, 0.2) is 29.1 Å². The van der Waals surface area contributed by atoms with Crippen LogP contribution in [0.25, 0.3) is 10.8 Å². The molecule has 1 aliphatic heterocycles. The van der Waals surface area contributed by atoms with E-state index in [1.54, 1.807) is 24.3 Å². The summed E-state index contributed by atoms with van der Waals surface area (Å²) in [7, 11) is 1.47. The van der Waals surface area contributed by atoms with Gasteiger partial charge < -0.3 is 14.9 Å². The number of nitrogens with one attached hydrogen (secondary N) is 1. The van der Waals surface area contributed by atoms with Gasteiger partial charge in [-0.15, -0.1) is 0 Å². The molecule has 1 atom stereocenters. The first-order valence-electron chi connectivity index (χ1n) is 8.62. The monoisotopic (exact) mass is 372 g/mol. The summed E-state index contributed by atoms with van der Waals surface area (Å²) in [5, 5.41) is 16.0. The van der Waals surface area contributed by atoms with Gasteiger partial charge in [-0.3, -0.25) is 19.2 Å². The number of nitrogens with zero attached hydrogens (tertiary/aromatic N) is 3. The molecule has 27 heavy (non-hydrogen) atoms. The summed E-state index contributed by atoms with van der Waals surface area (Å²) < 4.78 is 0. The number of aliphatic carboxylic acids is 1. The fourth-order valence-electron chi connectivity index (χ4n) is 3.24. The minimum absolute atomic E-state index is 0.0579. The molecule has 2 amide bonds. The molecule has 3 rings (SSSR count). The molecule has 1 aromatic heterocycles. The predicted octanol–water partition coefficient (Wildman–Crippen LogP) is 0.318. The summed E-state index contributed by atoms with van der Waals surface area (Å²) in [6, 6.07) is 6.61. The molecule has 1 saturated heterocycles. The Morgan fingerprint density at radius 2 is 2.00 bits per heavy atom. The standard InChI is InChI=1S/C18H20N4O5/c1-21(10-14(23)22-8-4-5-11(9-22)18(26)27)17(25)15-12-6-2-3-7-13(12)16(24)20-19-15/h2-3,6-7,11H,4-5,8-10H2,1H3,(H,20,24)(H,26,27). The van der Waals surface area contributed by atoms with Crippen LogP contribution in [-0.4, -0.2) is 69.6 Å². The average Bonchev–Trinajstić information content (AvgIpc) is 2.68. The van der Waals surface area contributed by atoms with Crippen LogP contribution in [0.3, 0.4) is 0 Å². The normalized spacial score (nSPS) is 16.9. The van der Waals surface area contributed by atoms with Gasteiger partial charge in [0, 0.05) is 25.5 Å². The lowest BCUT2D eigenvalue weighted by atomic mass is 9.98. The van der Waals surface area contributed by atoms with Gasteiger partial charge in [-0.05, 0) is 18.9 Å². The second-order valence-electron chi connectivity index (χ2n) is 6.63. The summed E-state index contributed by atoms with van der Waals surface area (Å²) in [5.74, 6) is -2.30.